The zero-order valence-electron chi connectivity index (χ0n) is 14.4. The molecule has 0 aliphatic heterocycles. The first-order chi connectivity index (χ1) is 10.7. The number of hydrogen-bond acceptors (Lipinski definition) is 2. The molecule has 1 aromatic heterocycles. The molecule has 1 heterocycles. The third-order valence-corrected chi connectivity index (χ3v) is 3.80. The second-order valence-corrected chi connectivity index (χ2v) is 5.87. The van der Waals surface area contributed by atoms with E-state index in [9.17, 15) is 4.79 Å². The van der Waals surface area contributed by atoms with Gasteiger partial charge >= 0.3 is 5.97 Å². The van der Waals surface area contributed by atoms with Crippen molar-refractivity contribution in [1.82, 2.24) is 4.57 Å². The molecule has 0 aliphatic carbocycles. The maximum atomic E-state index is 10.8. The van der Waals surface area contributed by atoms with Crippen molar-refractivity contribution in [2.75, 3.05) is 6.61 Å². The number of carbonyl (C=O) groups excluding carboxylic acids is 1. The summed E-state index contributed by atoms with van der Waals surface area (Å²) in [6.07, 6.45) is 18.8. The van der Waals surface area contributed by atoms with Gasteiger partial charge in [-0.1, -0.05) is 45.1 Å². The molecule has 0 spiro atoms. The molecule has 0 fully saturated rings. The second-order valence-electron chi connectivity index (χ2n) is 5.87. The first kappa shape index (κ1) is 21.9. The Morgan fingerprint density at radius 2 is 1.65 bits per heavy atom. The van der Waals surface area contributed by atoms with E-state index in [0.29, 0.717) is 6.61 Å². The summed E-state index contributed by atoms with van der Waals surface area (Å²) in [6, 6.07) is 0. The number of hydrogen-bond donors (Lipinski definition) is 0. The molecular formula is C18H31BrN2O2. The SMILES string of the molecule is C=CC(=O)OCCCCCCCCCCCn1cc[n+](C)c1.[Br-]. The molecule has 0 atom stereocenters. The fourth-order valence-electron chi connectivity index (χ4n) is 2.50. The molecule has 1 aromatic rings. The van der Waals surface area contributed by atoms with Crippen LogP contribution < -0.4 is 21.5 Å². The molecule has 0 N–H and O–H groups in total. The Balaban J connectivity index is 0.00000484. The van der Waals surface area contributed by atoms with Crippen LogP contribution >= 0.6 is 0 Å². The van der Waals surface area contributed by atoms with Crippen LogP contribution in [0.4, 0.5) is 0 Å². The van der Waals surface area contributed by atoms with Crippen molar-refractivity contribution >= 4 is 5.97 Å². The number of esters is 1. The summed E-state index contributed by atoms with van der Waals surface area (Å²) in [7, 11) is 2.06. The van der Waals surface area contributed by atoms with Crippen LogP contribution in [0.2, 0.25) is 0 Å². The van der Waals surface area contributed by atoms with Crippen molar-refractivity contribution in [3.63, 3.8) is 0 Å². The Hall–Kier alpha value is -1.10. The van der Waals surface area contributed by atoms with E-state index in [4.69, 9.17) is 4.74 Å². The summed E-state index contributed by atoms with van der Waals surface area (Å²) in [6.45, 7) is 5.03. The highest BCUT2D eigenvalue weighted by molar-refractivity contribution is 5.81. The summed E-state index contributed by atoms with van der Waals surface area (Å²) in [4.78, 5) is 10.8. The zero-order chi connectivity index (χ0) is 16.0. The van der Waals surface area contributed by atoms with Crippen molar-refractivity contribution in [2.24, 2.45) is 7.05 Å². The Kier molecular flexibility index (Phi) is 13.8. The Morgan fingerprint density at radius 1 is 1.09 bits per heavy atom. The second kappa shape index (κ2) is 14.5. The van der Waals surface area contributed by atoms with Crippen LogP contribution in [-0.2, 0) is 23.1 Å². The van der Waals surface area contributed by atoms with Gasteiger partial charge in [0.1, 0.15) is 12.4 Å². The van der Waals surface area contributed by atoms with E-state index in [-0.39, 0.29) is 23.0 Å². The number of rotatable bonds is 13. The summed E-state index contributed by atoms with van der Waals surface area (Å²) >= 11 is 0. The standard InChI is InChI=1S/C18H31N2O2.BrH/c1-3-18(21)22-16-12-10-8-6-4-5-7-9-11-13-20-15-14-19(2)17-20;/h3,14-15,17H,1,4-13,16H2,2H3;1H/q+1;/p-1. The molecular weight excluding hydrogens is 356 g/mol. The monoisotopic (exact) mass is 386 g/mol. The van der Waals surface area contributed by atoms with Crippen molar-refractivity contribution in [3.05, 3.63) is 31.4 Å². The van der Waals surface area contributed by atoms with Gasteiger partial charge in [0.2, 0.25) is 6.33 Å². The van der Waals surface area contributed by atoms with Gasteiger partial charge in [0.05, 0.1) is 20.2 Å². The van der Waals surface area contributed by atoms with Crippen molar-refractivity contribution in [1.29, 1.82) is 0 Å². The molecule has 4 nitrogen and oxygen atoms in total. The number of unbranched alkanes of at least 4 members (excludes halogenated alkanes) is 8. The van der Waals surface area contributed by atoms with E-state index in [2.05, 4.69) is 41.5 Å². The lowest BCUT2D eigenvalue weighted by Gasteiger charge is -2.03. The first-order valence-corrected chi connectivity index (χ1v) is 8.52. The van der Waals surface area contributed by atoms with Crippen LogP contribution in [0.5, 0.6) is 0 Å². The molecule has 0 aromatic carbocycles. The number of ether oxygens (including phenoxy) is 1. The van der Waals surface area contributed by atoms with E-state index in [1.807, 2.05) is 0 Å². The normalized spacial score (nSPS) is 10.1. The molecule has 23 heavy (non-hydrogen) atoms. The zero-order valence-corrected chi connectivity index (χ0v) is 16.0. The largest absolute Gasteiger partial charge is 1.00 e. The smallest absolute Gasteiger partial charge is 0.330 e. The Morgan fingerprint density at radius 3 is 2.17 bits per heavy atom. The van der Waals surface area contributed by atoms with E-state index in [1.165, 1.54) is 51.0 Å². The third-order valence-electron chi connectivity index (χ3n) is 3.80. The minimum absolute atomic E-state index is 0. The Bertz CT molecular complexity index is 432. The minimum Gasteiger partial charge on any atom is -1.00 e. The van der Waals surface area contributed by atoms with Crippen LogP contribution in [0.15, 0.2) is 31.4 Å². The number of imidazole rings is 1. The molecule has 0 aliphatic rings. The van der Waals surface area contributed by atoms with E-state index < -0.39 is 0 Å². The molecule has 0 saturated heterocycles. The van der Waals surface area contributed by atoms with Gasteiger partial charge in [-0.25, -0.2) is 13.9 Å². The van der Waals surface area contributed by atoms with Gasteiger partial charge in [-0.3, -0.25) is 0 Å². The predicted molar refractivity (Wildman–Crippen MR) is 88.3 cm³/mol. The van der Waals surface area contributed by atoms with E-state index in [1.54, 1.807) is 0 Å². The van der Waals surface area contributed by atoms with Crippen LogP contribution in [-0.4, -0.2) is 17.1 Å². The van der Waals surface area contributed by atoms with Crippen molar-refractivity contribution in [3.8, 4) is 0 Å². The van der Waals surface area contributed by atoms with Gasteiger partial charge in [-0.2, -0.15) is 0 Å². The number of aromatic nitrogens is 2. The van der Waals surface area contributed by atoms with Crippen LogP contribution in [0.25, 0.3) is 0 Å². The van der Waals surface area contributed by atoms with Crippen LogP contribution in [0.3, 0.4) is 0 Å². The van der Waals surface area contributed by atoms with Gasteiger partial charge in [0, 0.05) is 6.08 Å². The summed E-state index contributed by atoms with van der Waals surface area (Å²) < 4.78 is 9.27. The number of nitrogens with zero attached hydrogens (tertiary/aromatic N) is 2. The number of halogens is 1. The maximum Gasteiger partial charge on any atom is 0.330 e. The van der Waals surface area contributed by atoms with E-state index >= 15 is 0 Å². The highest BCUT2D eigenvalue weighted by Gasteiger charge is 1.99. The molecule has 0 unspecified atom stereocenters. The summed E-state index contributed by atoms with van der Waals surface area (Å²) in [5.74, 6) is -0.311. The lowest BCUT2D eigenvalue weighted by Crippen LogP contribution is -3.00. The van der Waals surface area contributed by atoms with Gasteiger partial charge in [0.25, 0.3) is 0 Å². The number of carbonyl (C=O) groups is 1. The third kappa shape index (κ3) is 12.0. The molecule has 0 bridgehead atoms. The maximum absolute atomic E-state index is 10.8. The topological polar surface area (TPSA) is 35.1 Å². The van der Waals surface area contributed by atoms with Gasteiger partial charge in [0.15, 0.2) is 0 Å². The Labute approximate surface area is 151 Å². The molecule has 0 amide bonds. The fourth-order valence-corrected chi connectivity index (χ4v) is 2.50. The molecule has 1 rings (SSSR count). The quantitative estimate of drug-likeness (QED) is 0.215. The predicted octanol–water partition coefficient (Wildman–Crippen LogP) is 0.557. The first-order valence-electron chi connectivity index (χ1n) is 8.52. The highest BCUT2D eigenvalue weighted by Crippen LogP contribution is 2.10. The highest BCUT2D eigenvalue weighted by atomic mass is 79.9. The van der Waals surface area contributed by atoms with Crippen molar-refractivity contribution < 1.29 is 31.1 Å². The summed E-state index contributed by atoms with van der Waals surface area (Å²) in [5, 5.41) is 0. The number of aryl methyl sites for hydroxylation is 2. The fraction of sp³-hybridized carbons (Fsp3) is 0.667. The van der Waals surface area contributed by atoms with Crippen LogP contribution in [0, 0.1) is 0 Å². The minimum atomic E-state index is -0.311. The van der Waals surface area contributed by atoms with Crippen molar-refractivity contribution in [2.45, 2.75) is 64.3 Å². The lowest BCUT2D eigenvalue weighted by atomic mass is 10.1. The average molecular weight is 387 g/mol. The van der Waals surface area contributed by atoms with Crippen LogP contribution in [0.1, 0.15) is 57.8 Å². The van der Waals surface area contributed by atoms with Gasteiger partial charge < -0.3 is 21.7 Å². The molecule has 0 saturated carbocycles. The lowest BCUT2D eigenvalue weighted by molar-refractivity contribution is -0.671. The molecule has 5 heteroatoms. The molecule has 132 valence electrons. The van der Waals surface area contributed by atoms with E-state index in [0.717, 1.165) is 19.4 Å². The molecule has 0 radical (unpaired) electrons. The van der Waals surface area contributed by atoms with Gasteiger partial charge in [-0.05, 0) is 19.3 Å². The summed E-state index contributed by atoms with van der Waals surface area (Å²) in [5.41, 5.74) is 0. The average Bonchev–Trinajstić information content (AvgIpc) is 2.93. The van der Waals surface area contributed by atoms with Gasteiger partial charge in [-0.15, -0.1) is 0 Å².